The number of carbonyl (C=O) groups is 1. The summed E-state index contributed by atoms with van der Waals surface area (Å²) in [6.45, 7) is 2.30. The topological polar surface area (TPSA) is 66.5 Å². The molecule has 1 N–H and O–H groups in total. The van der Waals surface area contributed by atoms with Gasteiger partial charge in [0.1, 0.15) is 5.82 Å². The van der Waals surface area contributed by atoms with Gasteiger partial charge in [0.2, 0.25) is 15.9 Å². The third-order valence-electron chi connectivity index (χ3n) is 5.23. The van der Waals surface area contributed by atoms with Gasteiger partial charge in [-0.15, -0.1) is 0 Å². The molecule has 0 spiro atoms. The predicted octanol–water partition coefficient (Wildman–Crippen LogP) is 4.55. The Bertz CT molecular complexity index is 1020. The summed E-state index contributed by atoms with van der Waals surface area (Å²) in [5.41, 5.74) is 1.25. The fourth-order valence-corrected chi connectivity index (χ4v) is 5.70. The molecule has 0 saturated carbocycles. The van der Waals surface area contributed by atoms with Crippen LogP contribution in [-0.2, 0) is 20.6 Å². The first-order valence-corrected chi connectivity index (χ1v) is 12.0. The van der Waals surface area contributed by atoms with Crippen molar-refractivity contribution in [3.05, 3.63) is 69.5 Å². The van der Waals surface area contributed by atoms with Crippen LogP contribution >= 0.6 is 23.2 Å². The standard InChI is InChI=1S/C21H23Cl2FN2O3S/c1-14(15-5-8-19(24)9-6-15)25-21(27)16-3-2-10-26(12-16)30(28,29)13-17-4-7-18(22)11-20(17)23/h4-9,11,14,16H,2-3,10,12-13H2,1H3,(H,25,27)/t14-,16-/m1/s1. The van der Waals surface area contributed by atoms with Crippen LogP contribution in [0.4, 0.5) is 4.39 Å². The third kappa shape index (κ3) is 5.72. The van der Waals surface area contributed by atoms with E-state index in [-0.39, 0.29) is 30.1 Å². The van der Waals surface area contributed by atoms with Crippen molar-refractivity contribution < 1.29 is 17.6 Å². The number of hydrogen-bond donors (Lipinski definition) is 1. The Morgan fingerprint density at radius 2 is 1.93 bits per heavy atom. The molecule has 2 aromatic carbocycles. The van der Waals surface area contributed by atoms with Crippen molar-refractivity contribution in [2.45, 2.75) is 31.6 Å². The zero-order valence-electron chi connectivity index (χ0n) is 16.4. The molecule has 1 aliphatic rings. The van der Waals surface area contributed by atoms with Gasteiger partial charge in [0.15, 0.2) is 0 Å². The molecule has 1 amide bonds. The van der Waals surface area contributed by atoms with Crippen molar-refractivity contribution in [2.24, 2.45) is 5.92 Å². The van der Waals surface area contributed by atoms with E-state index in [2.05, 4.69) is 5.32 Å². The average molecular weight is 473 g/mol. The van der Waals surface area contributed by atoms with Gasteiger partial charge in [-0.1, -0.05) is 41.4 Å². The molecule has 2 atom stereocenters. The van der Waals surface area contributed by atoms with Crippen molar-refractivity contribution in [3.63, 3.8) is 0 Å². The van der Waals surface area contributed by atoms with E-state index in [4.69, 9.17) is 23.2 Å². The third-order valence-corrected chi connectivity index (χ3v) is 7.61. The monoisotopic (exact) mass is 472 g/mol. The number of halogens is 3. The number of benzene rings is 2. The number of nitrogens with one attached hydrogen (secondary N) is 1. The van der Waals surface area contributed by atoms with Gasteiger partial charge in [-0.2, -0.15) is 0 Å². The molecule has 1 saturated heterocycles. The quantitative estimate of drug-likeness (QED) is 0.670. The van der Waals surface area contributed by atoms with Crippen LogP contribution in [-0.4, -0.2) is 31.7 Å². The van der Waals surface area contributed by atoms with Gasteiger partial charge in [-0.25, -0.2) is 17.1 Å². The molecule has 9 heteroatoms. The molecule has 5 nitrogen and oxygen atoms in total. The first-order chi connectivity index (χ1) is 14.2. The number of amides is 1. The maximum absolute atomic E-state index is 13.1. The van der Waals surface area contributed by atoms with E-state index in [9.17, 15) is 17.6 Å². The van der Waals surface area contributed by atoms with Crippen LogP contribution in [0.3, 0.4) is 0 Å². The molecule has 162 valence electrons. The lowest BCUT2D eigenvalue weighted by atomic mass is 9.98. The van der Waals surface area contributed by atoms with Gasteiger partial charge in [0, 0.05) is 23.1 Å². The van der Waals surface area contributed by atoms with Gasteiger partial charge in [-0.3, -0.25) is 4.79 Å². The van der Waals surface area contributed by atoms with E-state index in [1.807, 2.05) is 6.92 Å². The van der Waals surface area contributed by atoms with E-state index in [1.54, 1.807) is 24.3 Å². The van der Waals surface area contributed by atoms with Crippen LogP contribution in [0.2, 0.25) is 10.0 Å². The summed E-state index contributed by atoms with van der Waals surface area (Å²) >= 11 is 12.0. The first-order valence-electron chi connectivity index (χ1n) is 9.63. The Morgan fingerprint density at radius 1 is 1.23 bits per heavy atom. The molecular weight excluding hydrogens is 450 g/mol. The first kappa shape index (κ1) is 23.0. The predicted molar refractivity (Wildman–Crippen MR) is 116 cm³/mol. The summed E-state index contributed by atoms with van der Waals surface area (Å²) in [5.74, 6) is -1.25. The normalized spacial score (nSPS) is 18.7. The minimum atomic E-state index is -3.64. The van der Waals surface area contributed by atoms with Crippen LogP contribution in [0.15, 0.2) is 42.5 Å². The molecule has 1 aliphatic heterocycles. The summed E-state index contributed by atoms with van der Waals surface area (Å²) in [6.07, 6.45) is 1.20. The van der Waals surface area contributed by atoms with Gasteiger partial charge in [-0.05, 0) is 55.2 Å². The molecule has 3 rings (SSSR count). The molecule has 0 unspecified atom stereocenters. The largest absolute Gasteiger partial charge is 0.349 e. The highest BCUT2D eigenvalue weighted by Crippen LogP contribution is 2.26. The summed E-state index contributed by atoms with van der Waals surface area (Å²) in [6, 6.07) is 10.3. The fourth-order valence-electron chi connectivity index (χ4n) is 3.50. The zero-order valence-corrected chi connectivity index (χ0v) is 18.8. The Labute approximate surface area is 186 Å². The smallest absolute Gasteiger partial charge is 0.224 e. The highest BCUT2D eigenvalue weighted by Gasteiger charge is 2.33. The minimum Gasteiger partial charge on any atom is -0.349 e. The van der Waals surface area contributed by atoms with Gasteiger partial charge >= 0.3 is 0 Å². The molecule has 0 radical (unpaired) electrons. The average Bonchev–Trinajstić information content (AvgIpc) is 2.70. The molecular formula is C21H23Cl2FN2O3S. The number of hydrogen-bond acceptors (Lipinski definition) is 3. The van der Waals surface area contributed by atoms with Gasteiger partial charge < -0.3 is 5.32 Å². The molecule has 2 aromatic rings. The van der Waals surface area contributed by atoms with Crippen molar-refractivity contribution in [1.82, 2.24) is 9.62 Å². The SMILES string of the molecule is C[C@@H](NC(=O)[C@@H]1CCCN(S(=O)(=O)Cc2ccc(Cl)cc2Cl)C1)c1ccc(F)cc1. The fraction of sp³-hybridized carbons (Fsp3) is 0.381. The minimum absolute atomic E-state index is 0.121. The maximum Gasteiger partial charge on any atom is 0.224 e. The number of carbonyl (C=O) groups excluding carboxylic acids is 1. The number of nitrogens with zero attached hydrogens (tertiary/aromatic N) is 1. The second-order valence-electron chi connectivity index (χ2n) is 7.47. The van der Waals surface area contributed by atoms with Crippen molar-refractivity contribution in [1.29, 1.82) is 0 Å². The maximum atomic E-state index is 13.1. The Kier molecular flexibility index (Phi) is 7.39. The van der Waals surface area contributed by atoms with Gasteiger partial charge in [0.25, 0.3) is 0 Å². The highest BCUT2D eigenvalue weighted by atomic mass is 35.5. The summed E-state index contributed by atoms with van der Waals surface area (Å²) < 4.78 is 40.3. The van der Waals surface area contributed by atoms with Crippen LogP contribution in [0, 0.1) is 11.7 Å². The van der Waals surface area contributed by atoms with Crippen LogP contribution in [0.5, 0.6) is 0 Å². The van der Waals surface area contributed by atoms with E-state index in [1.165, 1.54) is 22.5 Å². The molecule has 30 heavy (non-hydrogen) atoms. The van der Waals surface area contributed by atoms with E-state index < -0.39 is 15.9 Å². The summed E-state index contributed by atoms with van der Waals surface area (Å²) in [7, 11) is -3.64. The van der Waals surface area contributed by atoms with Crippen LogP contribution in [0.25, 0.3) is 0 Å². The number of sulfonamides is 1. The summed E-state index contributed by atoms with van der Waals surface area (Å²) in [4.78, 5) is 12.7. The molecule has 0 aliphatic carbocycles. The van der Waals surface area contributed by atoms with Crippen LogP contribution < -0.4 is 5.32 Å². The molecule has 1 heterocycles. The van der Waals surface area contributed by atoms with Crippen molar-refractivity contribution >= 4 is 39.1 Å². The number of piperidine rings is 1. The highest BCUT2D eigenvalue weighted by molar-refractivity contribution is 7.88. The van der Waals surface area contributed by atoms with Crippen molar-refractivity contribution in [2.75, 3.05) is 13.1 Å². The van der Waals surface area contributed by atoms with Crippen LogP contribution in [0.1, 0.15) is 36.9 Å². The van der Waals surface area contributed by atoms with E-state index >= 15 is 0 Å². The van der Waals surface area contributed by atoms with Crippen molar-refractivity contribution in [3.8, 4) is 0 Å². The second kappa shape index (κ2) is 9.64. The Morgan fingerprint density at radius 3 is 2.60 bits per heavy atom. The lowest BCUT2D eigenvalue weighted by molar-refractivity contribution is -0.126. The lowest BCUT2D eigenvalue weighted by Crippen LogP contribution is -2.46. The molecule has 1 fully saturated rings. The summed E-state index contributed by atoms with van der Waals surface area (Å²) in [5, 5.41) is 3.64. The zero-order chi connectivity index (χ0) is 21.9. The molecule has 0 bridgehead atoms. The second-order valence-corrected chi connectivity index (χ2v) is 10.3. The Hall–Kier alpha value is -1.67. The lowest BCUT2D eigenvalue weighted by Gasteiger charge is -2.32. The van der Waals surface area contributed by atoms with E-state index in [0.29, 0.717) is 35.0 Å². The van der Waals surface area contributed by atoms with E-state index in [0.717, 1.165) is 5.56 Å². The number of rotatable bonds is 6. The Balaban J connectivity index is 1.64. The van der Waals surface area contributed by atoms with Gasteiger partial charge in [0.05, 0.1) is 17.7 Å². The molecule has 0 aromatic heterocycles.